The molecule has 0 bridgehead atoms. The highest BCUT2D eigenvalue weighted by Crippen LogP contribution is 2.34. The van der Waals surface area contributed by atoms with E-state index in [9.17, 15) is 10.2 Å². The first-order valence-corrected chi connectivity index (χ1v) is 6.39. The Morgan fingerprint density at radius 2 is 1.53 bits per heavy atom. The Labute approximate surface area is 103 Å². The summed E-state index contributed by atoms with van der Waals surface area (Å²) >= 11 is 0. The third kappa shape index (κ3) is 4.98. The maximum atomic E-state index is 9.48. The molecule has 0 atom stereocenters. The molecule has 0 radical (unpaired) electrons. The number of hydrogen-bond acceptors (Lipinski definition) is 3. The van der Waals surface area contributed by atoms with Crippen molar-refractivity contribution in [2.75, 3.05) is 6.61 Å². The summed E-state index contributed by atoms with van der Waals surface area (Å²) in [6, 6.07) is 4.61. The second-order valence-electron chi connectivity index (χ2n) is 4.24. The molecule has 1 aromatic rings. The van der Waals surface area contributed by atoms with Crippen LogP contribution in [0.5, 0.6) is 17.2 Å². The molecular formula is C14H22O3. The minimum atomic E-state index is -0.00372. The summed E-state index contributed by atoms with van der Waals surface area (Å²) in [7, 11) is 0. The summed E-state index contributed by atoms with van der Waals surface area (Å²) < 4.78 is 5.37. The van der Waals surface area contributed by atoms with Crippen LogP contribution >= 0.6 is 0 Å². The Kier molecular flexibility index (Phi) is 6.30. The predicted octanol–water partition coefficient (Wildman–Crippen LogP) is 3.84. The van der Waals surface area contributed by atoms with Gasteiger partial charge in [0.25, 0.3) is 0 Å². The fraction of sp³-hybridized carbons (Fsp3) is 0.571. The highest BCUT2D eigenvalue weighted by molar-refractivity contribution is 5.49. The number of hydrogen-bond donors (Lipinski definition) is 2. The van der Waals surface area contributed by atoms with Gasteiger partial charge in [0.05, 0.1) is 6.61 Å². The molecule has 0 unspecified atom stereocenters. The maximum absolute atomic E-state index is 9.48. The van der Waals surface area contributed by atoms with Crippen molar-refractivity contribution >= 4 is 0 Å². The fourth-order valence-corrected chi connectivity index (χ4v) is 1.72. The van der Waals surface area contributed by atoms with E-state index in [0.29, 0.717) is 6.61 Å². The van der Waals surface area contributed by atoms with E-state index in [-0.39, 0.29) is 17.2 Å². The monoisotopic (exact) mass is 238 g/mol. The van der Waals surface area contributed by atoms with Crippen LogP contribution in [0.3, 0.4) is 0 Å². The Morgan fingerprint density at radius 3 is 2.18 bits per heavy atom. The van der Waals surface area contributed by atoms with Gasteiger partial charge in [-0.3, -0.25) is 0 Å². The zero-order valence-electron chi connectivity index (χ0n) is 10.5. The minimum Gasteiger partial charge on any atom is -0.504 e. The van der Waals surface area contributed by atoms with Gasteiger partial charge >= 0.3 is 0 Å². The molecule has 0 spiro atoms. The number of unbranched alkanes of at least 4 members (excludes halogenated alkanes) is 5. The summed E-state index contributed by atoms with van der Waals surface area (Å²) in [5.41, 5.74) is 0. The first kappa shape index (κ1) is 13.7. The summed E-state index contributed by atoms with van der Waals surface area (Å²) in [5, 5.41) is 19.0. The van der Waals surface area contributed by atoms with Gasteiger partial charge in [0.15, 0.2) is 11.5 Å². The van der Waals surface area contributed by atoms with Gasteiger partial charge in [0.1, 0.15) is 0 Å². The van der Waals surface area contributed by atoms with E-state index < -0.39 is 0 Å². The second kappa shape index (κ2) is 7.82. The molecule has 3 heteroatoms. The lowest BCUT2D eigenvalue weighted by Crippen LogP contribution is -1.97. The highest BCUT2D eigenvalue weighted by Gasteiger charge is 2.07. The van der Waals surface area contributed by atoms with Gasteiger partial charge in [-0.15, -0.1) is 0 Å². The van der Waals surface area contributed by atoms with Crippen molar-refractivity contribution in [3.63, 3.8) is 0 Å². The molecule has 0 amide bonds. The molecule has 0 saturated carbocycles. The van der Waals surface area contributed by atoms with E-state index in [1.165, 1.54) is 37.8 Å². The van der Waals surface area contributed by atoms with E-state index in [2.05, 4.69) is 6.92 Å². The van der Waals surface area contributed by atoms with Gasteiger partial charge in [0, 0.05) is 0 Å². The highest BCUT2D eigenvalue weighted by atomic mass is 16.5. The zero-order valence-corrected chi connectivity index (χ0v) is 10.5. The molecule has 0 aliphatic rings. The molecular weight excluding hydrogens is 216 g/mol. The number of para-hydroxylation sites is 1. The van der Waals surface area contributed by atoms with Crippen LogP contribution in [0.2, 0.25) is 0 Å². The Bertz CT molecular complexity index is 303. The topological polar surface area (TPSA) is 49.7 Å². The standard InChI is InChI=1S/C14H22O3/c1-2-3-4-5-6-7-11-17-14-12(15)9-8-10-13(14)16/h8-10,15-16H,2-7,11H2,1H3. The molecule has 96 valence electrons. The van der Waals surface area contributed by atoms with Crippen LogP contribution in [-0.2, 0) is 0 Å². The molecule has 0 saturated heterocycles. The summed E-state index contributed by atoms with van der Waals surface area (Å²) in [4.78, 5) is 0. The van der Waals surface area contributed by atoms with E-state index in [1.807, 2.05) is 0 Å². The first-order valence-electron chi connectivity index (χ1n) is 6.39. The fourth-order valence-electron chi connectivity index (χ4n) is 1.72. The summed E-state index contributed by atoms with van der Waals surface area (Å²) in [5.74, 6) is 0.188. The molecule has 0 aromatic heterocycles. The summed E-state index contributed by atoms with van der Waals surface area (Å²) in [6.07, 6.45) is 7.14. The molecule has 1 rings (SSSR count). The third-order valence-corrected chi connectivity index (χ3v) is 2.72. The van der Waals surface area contributed by atoms with Crippen molar-refractivity contribution < 1.29 is 14.9 Å². The number of rotatable bonds is 8. The number of benzene rings is 1. The summed E-state index contributed by atoms with van der Waals surface area (Å²) in [6.45, 7) is 2.74. The lowest BCUT2D eigenvalue weighted by Gasteiger charge is -2.09. The Hall–Kier alpha value is -1.38. The van der Waals surface area contributed by atoms with Crippen LogP contribution < -0.4 is 4.74 Å². The van der Waals surface area contributed by atoms with Crippen LogP contribution in [0.15, 0.2) is 18.2 Å². The van der Waals surface area contributed by atoms with Crippen molar-refractivity contribution in [3.8, 4) is 17.2 Å². The van der Waals surface area contributed by atoms with Gasteiger partial charge in [-0.1, -0.05) is 45.1 Å². The van der Waals surface area contributed by atoms with E-state index in [0.717, 1.165) is 12.8 Å². The normalized spacial score (nSPS) is 10.4. The van der Waals surface area contributed by atoms with Gasteiger partial charge in [-0.05, 0) is 18.6 Å². The van der Waals surface area contributed by atoms with Gasteiger partial charge < -0.3 is 14.9 Å². The van der Waals surface area contributed by atoms with E-state index in [1.54, 1.807) is 6.07 Å². The molecule has 2 N–H and O–H groups in total. The predicted molar refractivity (Wildman–Crippen MR) is 68.6 cm³/mol. The van der Waals surface area contributed by atoms with Crippen LogP contribution in [0.25, 0.3) is 0 Å². The minimum absolute atomic E-state index is 0.00372. The largest absolute Gasteiger partial charge is 0.504 e. The zero-order chi connectivity index (χ0) is 12.5. The van der Waals surface area contributed by atoms with Crippen LogP contribution in [0.4, 0.5) is 0 Å². The molecule has 0 heterocycles. The van der Waals surface area contributed by atoms with Crippen LogP contribution in [0.1, 0.15) is 45.4 Å². The number of phenolic OH excluding ortho intramolecular Hbond substituents is 2. The van der Waals surface area contributed by atoms with Gasteiger partial charge in [-0.25, -0.2) is 0 Å². The number of phenols is 2. The second-order valence-corrected chi connectivity index (χ2v) is 4.24. The third-order valence-electron chi connectivity index (χ3n) is 2.72. The van der Waals surface area contributed by atoms with Crippen molar-refractivity contribution in [1.29, 1.82) is 0 Å². The Morgan fingerprint density at radius 1 is 0.941 bits per heavy atom. The van der Waals surface area contributed by atoms with E-state index >= 15 is 0 Å². The first-order chi connectivity index (χ1) is 8.25. The smallest absolute Gasteiger partial charge is 0.203 e. The quantitative estimate of drug-likeness (QED) is 0.676. The number of aromatic hydroxyl groups is 2. The SMILES string of the molecule is CCCCCCCCOc1c(O)cccc1O. The van der Waals surface area contributed by atoms with Crippen LogP contribution in [0, 0.1) is 0 Å². The number of ether oxygens (including phenoxy) is 1. The lowest BCUT2D eigenvalue weighted by molar-refractivity contribution is 0.274. The van der Waals surface area contributed by atoms with Crippen molar-refractivity contribution in [3.05, 3.63) is 18.2 Å². The van der Waals surface area contributed by atoms with Crippen LogP contribution in [-0.4, -0.2) is 16.8 Å². The van der Waals surface area contributed by atoms with Crippen molar-refractivity contribution in [2.45, 2.75) is 45.4 Å². The van der Waals surface area contributed by atoms with Crippen molar-refractivity contribution in [1.82, 2.24) is 0 Å². The van der Waals surface area contributed by atoms with Gasteiger partial charge in [0.2, 0.25) is 5.75 Å². The molecule has 0 aliphatic carbocycles. The maximum Gasteiger partial charge on any atom is 0.203 e. The molecule has 3 nitrogen and oxygen atoms in total. The molecule has 0 fully saturated rings. The molecule has 17 heavy (non-hydrogen) atoms. The Balaban J connectivity index is 2.18. The van der Waals surface area contributed by atoms with E-state index in [4.69, 9.17) is 4.74 Å². The average molecular weight is 238 g/mol. The average Bonchev–Trinajstić information content (AvgIpc) is 2.31. The van der Waals surface area contributed by atoms with Crippen molar-refractivity contribution in [2.24, 2.45) is 0 Å². The van der Waals surface area contributed by atoms with Gasteiger partial charge in [-0.2, -0.15) is 0 Å². The molecule has 1 aromatic carbocycles. The lowest BCUT2D eigenvalue weighted by atomic mass is 10.1. The molecule has 0 aliphatic heterocycles.